The molecule has 1 aromatic rings. The van der Waals surface area contributed by atoms with Gasteiger partial charge in [0, 0.05) is 25.5 Å². The van der Waals surface area contributed by atoms with E-state index in [1.165, 1.54) is 6.08 Å². The van der Waals surface area contributed by atoms with Crippen molar-refractivity contribution < 1.29 is 19.1 Å². The van der Waals surface area contributed by atoms with Crippen LogP contribution in [0.2, 0.25) is 0 Å². The van der Waals surface area contributed by atoms with Crippen molar-refractivity contribution in [2.75, 3.05) is 19.8 Å². The number of Topliss-reactive ketones (excluding diaryl/α,β-unsaturated/α-hetero) is 1. The van der Waals surface area contributed by atoms with Gasteiger partial charge >= 0.3 is 5.97 Å². The second-order valence-corrected chi connectivity index (χ2v) is 5.32. The minimum Gasteiger partial charge on any atom is -0.463 e. The number of rotatable bonds is 12. The van der Waals surface area contributed by atoms with Gasteiger partial charge in [0.15, 0.2) is 0 Å². The first-order valence-electron chi connectivity index (χ1n) is 8.30. The van der Waals surface area contributed by atoms with E-state index < -0.39 is 0 Å². The molecule has 130 valence electrons. The molecule has 4 heteroatoms. The quantitative estimate of drug-likeness (QED) is 0.253. The monoisotopic (exact) mass is 330 g/mol. The van der Waals surface area contributed by atoms with Crippen LogP contribution in [0.15, 0.2) is 43.0 Å². The van der Waals surface area contributed by atoms with Crippen LogP contribution in [0.5, 0.6) is 0 Å². The lowest BCUT2D eigenvalue weighted by molar-refractivity contribution is -0.137. The van der Waals surface area contributed by atoms with E-state index in [-0.39, 0.29) is 11.8 Å². The molecule has 0 aliphatic heterocycles. The molecule has 0 fully saturated rings. The molecule has 0 amide bonds. The van der Waals surface area contributed by atoms with Crippen molar-refractivity contribution in [1.82, 2.24) is 0 Å². The highest BCUT2D eigenvalue weighted by molar-refractivity contribution is 5.88. The molecule has 0 aliphatic carbocycles. The molecule has 0 aliphatic rings. The standard InChI is InChI=1S/C20H26O4/c1-3-14-23-15-8-7-11-19(21)16-18-10-6-5-9-17(18)12-13-20(22)24-4-2/h3,5-6,9-10,12-13H,1,4,7-8,11,14-16H2,2H3/b13-12+. The zero-order valence-corrected chi connectivity index (χ0v) is 14.3. The van der Waals surface area contributed by atoms with E-state index in [1.54, 1.807) is 19.1 Å². The molecule has 0 saturated heterocycles. The van der Waals surface area contributed by atoms with E-state index in [9.17, 15) is 9.59 Å². The van der Waals surface area contributed by atoms with Crippen LogP contribution in [0, 0.1) is 0 Å². The number of carbonyl (C=O) groups excluding carboxylic acids is 2. The van der Waals surface area contributed by atoms with Crippen LogP contribution in [0.4, 0.5) is 0 Å². The van der Waals surface area contributed by atoms with Gasteiger partial charge in [-0.15, -0.1) is 6.58 Å². The summed E-state index contributed by atoms with van der Waals surface area (Å²) in [5.41, 5.74) is 1.79. The Morgan fingerprint density at radius 3 is 2.75 bits per heavy atom. The third-order valence-corrected chi connectivity index (χ3v) is 3.36. The zero-order valence-electron chi connectivity index (χ0n) is 14.3. The molecule has 0 bridgehead atoms. The Labute approximate surface area is 144 Å². The van der Waals surface area contributed by atoms with Gasteiger partial charge in [0.25, 0.3) is 0 Å². The summed E-state index contributed by atoms with van der Waals surface area (Å²) in [7, 11) is 0. The first-order chi connectivity index (χ1) is 11.7. The van der Waals surface area contributed by atoms with Gasteiger partial charge in [-0.2, -0.15) is 0 Å². The van der Waals surface area contributed by atoms with Crippen LogP contribution in [0.25, 0.3) is 6.08 Å². The molecule has 0 unspecified atom stereocenters. The average Bonchev–Trinajstić information content (AvgIpc) is 2.57. The summed E-state index contributed by atoms with van der Waals surface area (Å²) in [6, 6.07) is 7.58. The summed E-state index contributed by atoms with van der Waals surface area (Å²) < 4.78 is 10.2. The van der Waals surface area contributed by atoms with Crippen LogP contribution in [-0.4, -0.2) is 31.6 Å². The van der Waals surface area contributed by atoms with Crippen molar-refractivity contribution in [1.29, 1.82) is 0 Å². The second-order valence-electron chi connectivity index (χ2n) is 5.32. The molecule has 24 heavy (non-hydrogen) atoms. The molecular formula is C20H26O4. The maximum absolute atomic E-state index is 12.1. The topological polar surface area (TPSA) is 52.6 Å². The fourth-order valence-electron chi connectivity index (χ4n) is 2.20. The van der Waals surface area contributed by atoms with Crippen LogP contribution < -0.4 is 0 Å². The first-order valence-corrected chi connectivity index (χ1v) is 8.30. The third kappa shape index (κ3) is 8.44. The lowest BCUT2D eigenvalue weighted by atomic mass is 9.99. The van der Waals surface area contributed by atoms with Gasteiger partial charge in [-0.1, -0.05) is 30.3 Å². The van der Waals surface area contributed by atoms with Crippen molar-refractivity contribution in [3.8, 4) is 0 Å². The summed E-state index contributed by atoms with van der Waals surface area (Å²) in [4.78, 5) is 23.5. The normalized spacial score (nSPS) is 10.7. The Kier molecular flexibility index (Phi) is 10.1. The number of ketones is 1. The van der Waals surface area contributed by atoms with Crippen molar-refractivity contribution in [3.05, 3.63) is 54.1 Å². The van der Waals surface area contributed by atoms with Gasteiger partial charge in [0.05, 0.1) is 13.2 Å². The lowest BCUT2D eigenvalue weighted by Gasteiger charge is -2.06. The fraction of sp³-hybridized carbons (Fsp3) is 0.400. The molecular weight excluding hydrogens is 304 g/mol. The molecule has 0 heterocycles. The van der Waals surface area contributed by atoms with Gasteiger partial charge in [0.2, 0.25) is 0 Å². The number of hydrogen-bond donors (Lipinski definition) is 0. The van der Waals surface area contributed by atoms with E-state index in [0.29, 0.717) is 32.7 Å². The number of hydrogen-bond acceptors (Lipinski definition) is 4. The number of unbranched alkanes of at least 4 members (excludes halogenated alkanes) is 1. The Bertz CT molecular complexity index is 561. The largest absolute Gasteiger partial charge is 0.463 e. The van der Waals surface area contributed by atoms with E-state index in [4.69, 9.17) is 9.47 Å². The van der Waals surface area contributed by atoms with Crippen molar-refractivity contribution >= 4 is 17.8 Å². The van der Waals surface area contributed by atoms with Gasteiger partial charge in [0.1, 0.15) is 5.78 Å². The van der Waals surface area contributed by atoms with E-state index in [1.807, 2.05) is 24.3 Å². The van der Waals surface area contributed by atoms with Crippen LogP contribution >= 0.6 is 0 Å². The summed E-state index contributed by atoms with van der Waals surface area (Å²) in [6.45, 7) is 6.90. The Balaban J connectivity index is 2.47. The highest BCUT2D eigenvalue weighted by Crippen LogP contribution is 2.13. The molecule has 0 spiro atoms. The molecule has 1 rings (SSSR count). The smallest absolute Gasteiger partial charge is 0.330 e. The van der Waals surface area contributed by atoms with Crippen LogP contribution in [-0.2, 0) is 25.5 Å². The summed E-state index contributed by atoms with van der Waals surface area (Å²) in [5, 5.41) is 0. The predicted molar refractivity (Wildman–Crippen MR) is 95.7 cm³/mol. The van der Waals surface area contributed by atoms with Gasteiger partial charge < -0.3 is 9.47 Å². The predicted octanol–water partition coefficient (Wildman–Crippen LogP) is 3.75. The molecule has 1 aromatic carbocycles. The summed E-state index contributed by atoms with van der Waals surface area (Å²) in [6.07, 6.45) is 7.39. The fourth-order valence-corrected chi connectivity index (χ4v) is 2.20. The Morgan fingerprint density at radius 1 is 1.21 bits per heavy atom. The van der Waals surface area contributed by atoms with Gasteiger partial charge in [-0.3, -0.25) is 4.79 Å². The Hall–Kier alpha value is -2.20. The highest BCUT2D eigenvalue weighted by Gasteiger charge is 2.07. The zero-order chi connectivity index (χ0) is 17.6. The maximum Gasteiger partial charge on any atom is 0.330 e. The Morgan fingerprint density at radius 2 is 2.00 bits per heavy atom. The number of carbonyl (C=O) groups is 2. The minimum atomic E-state index is -0.377. The summed E-state index contributed by atoms with van der Waals surface area (Å²) in [5.74, 6) is -0.186. The lowest BCUT2D eigenvalue weighted by Crippen LogP contribution is -2.05. The van der Waals surface area contributed by atoms with Crippen molar-refractivity contribution in [3.63, 3.8) is 0 Å². The van der Waals surface area contributed by atoms with Crippen molar-refractivity contribution in [2.45, 2.75) is 32.6 Å². The van der Waals surface area contributed by atoms with Gasteiger partial charge in [-0.05, 0) is 37.0 Å². The van der Waals surface area contributed by atoms with Crippen molar-refractivity contribution in [2.24, 2.45) is 0 Å². The van der Waals surface area contributed by atoms with E-state index >= 15 is 0 Å². The molecule has 0 saturated carbocycles. The third-order valence-electron chi connectivity index (χ3n) is 3.36. The molecule has 4 nitrogen and oxygen atoms in total. The highest BCUT2D eigenvalue weighted by atomic mass is 16.5. The number of esters is 1. The van der Waals surface area contributed by atoms with Gasteiger partial charge in [-0.25, -0.2) is 4.79 Å². The first kappa shape index (κ1) is 19.8. The maximum atomic E-state index is 12.1. The minimum absolute atomic E-state index is 0.190. The molecule has 0 atom stereocenters. The van der Waals surface area contributed by atoms with E-state index in [2.05, 4.69) is 6.58 Å². The molecule has 0 N–H and O–H groups in total. The van der Waals surface area contributed by atoms with Crippen LogP contribution in [0.1, 0.15) is 37.3 Å². The second kappa shape index (κ2) is 12.3. The average molecular weight is 330 g/mol. The molecule has 0 aromatic heterocycles. The summed E-state index contributed by atoms with van der Waals surface area (Å²) >= 11 is 0. The molecule has 0 radical (unpaired) electrons. The van der Waals surface area contributed by atoms with E-state index in [0.717, 1.165) is 24.0 Å². The number of ether oxygens (including phenoxy) is 2. The SMILES string of the molecule is C=CCOCCCCC(=O)Cc1ccccc1/C=C/C(=O)OCC. The van der Waals surface area contributed by atoms with Crippen LogP contribution in [0.3, 0.4) is 0 Å². The number of benzene rings is 1.